The molecule has 3 aromatic heterocycles. The maximum atomic E-state index is 12.6. The topological polar surface area (TPSA) is 79.9 Å². The fraction of sp³-hybridized carbons (Fsp3) is 0.296. The van der Waals surface area contributed by atoms with Crippen molar-refractivity contribution < 1.29 is 19.0 Å². The van der Waals surface area contributed by atoms with Gasteiger partial charge in [-0.2, -0.15) is 0 Å². The largest absolute Gasteiger partial charge is 0.497 e. The van der Waals surface area contributed by atoms with E-state index in [0.717, 1.165) is 35.4 Å². The molecule has 3 heterocycles. The standard InChI is InChI=1S/C27H28N4O4/c1-5-9-23-29-26-25(27-28-20-11-7-8-12-21(20)31(23)27)22(35-24(32)10-6-2)16-30(26)17-13-18(33-3)15-19(14-17)34-4/h7-8,11-16H,5-6,9-10H2,1-4H3. The molecule has 0 bridgehead atoms. The van der Waals surface area contributed by atoms with E-state index in [9.17, 15) is 4.79 Å². The van der Waals surface area contributed by atoms with Crippen molar-refractivity contribution in [1.82, 2.24) is 18.9 Å². The van der Waals surface area contributed by atoms with Gasteiger partial charge >= 0.3 is 5.97 Å². The van der Waals surface area contributed by atoms with E-state index >= 15 is 0 Å². The van der Waals surface area contributed by atoms with E-state index in [2.05, 4.69) is 11.3 Å². The van der Waals surface area contributed by atoms with Crippen LogP contribution < -0.4 is 14.2 Å². The highest BCUT2D eigenvalue weighted by molar-refractivity contribution is 6.01. The van der Waals surface area contributed by atoms with Crippen LogP contribution in [0.25, 0.3) is 33.4 Å². The molecule has 0 spiro atoms. The van der Waals surface area contributed by atoms with Crippen LogP contribution in [0.4, 0.5) is 0 Å². The number of esters is 1. The summed E-state index contributed by atoms with van der Waals surface area (Å²) in [6.45, 7) is 4.08. The number of carbonyl (C=O) groups is 1. The summed E-state index contributed by atoms with van der Waals surface area (Å²) >= 11 is 0. The number of hydrogen-bond donors (Lipinski definition) is 0. The van der Waals surface area contributed by atoms with E-state index in [-0.39, 0.29) is 5.97 Å². The van der Waals surface area contributed by atoms with Gasteiger partial charge in [0.25, 0.3) is 0 Å². The molecule has 0 saturated heterocycles. The third kappa shape index (κ3) is 3.95. The Morgan fingerprint density at radius 3 is 2.37 bits per heavy atom. The number of ether oxygens (including phenoxy) is 3. The molecule has 180 valence electrons. The van der Waals surface area contributed by atoms with Crippen molar-refractivity contribution in [2.45, 2.75) is 39.5 Å². The lowest BCUT2D eigenvalue weighted by Crippen LogP contribution is -2.07. The minimum absolute atomic E-state index is 0.290. The van der Waals surface area contributed by atoms with Crippen LogP contribution in [0.2, 0.25) is 0 Å². The highest BCUT2D eigenvalue weighted by Crippen LogP contribution is 2.37. The minimum Gasteiger partial charge on any atom is -0.497 e. The lowest BCUT2D eigenvalue weighted by Gasteiger charge is -2.11. The summed E-state index contributed by atoms with van der Waals surface area (Å²) < 4.78 is 20.8. The quantitative estimate of drug-likeness (QED) is 0.277. The van der Waals surface area contributed by atoms with Crippen molar-refractivity contribution in [2.24, 2.45) is 0 Å². The Morgan fingerprint density at radius 2 is 1.69 bits per heavy atom. The summed E-state index contributed by atoms with van der Waals surface area (Å²) in [5.74, 6) is 2.32. The molecule has 5 aromatic rings. The van der Waals surface area contributed by atoms with E-state index in [1.807, 2.05) is 54.0 Å². The smallest absolute Gasteiger partial charge is 0.311 e. The van der Waals surface area contributed by atoms with Crippen LogP contribution in [-0.4, -0.2) is 39.1 Å². The Bertz CT molecular complexity index is 1530. The lowest BCUT2D eigenvalue weighted by atomic mass is 10.2. The molecular formula is C27H28N4O4. The zero-order valence-corrected chi connectivity index (χ0v) is 20.4. The van der Waals surface area contributed by atoms with Gasteiger partial charge in [0, 0.05) is 31.0 Å². The van der Waals surface area contributed by atoms with Crippen LogP contribution >= 0.6 is 0 Å². The number of nitrogens with zero attached hydrogens (tertiary/aromatic N) is 4. The van der Waals surface area contributed by atoms with Gasteiger partial charge in [-0.05, 0) is 25.0 Å². The Labute approximate surface area is 203 Å². The van der Waals surface area contributed by atoms with Gasteiger partial charge in [0.15, 0.2) is 17.0 Å². The summed E-state index contributed by atoms with van der Waals surface area (Å²) in [6.07, 6.45) is 4.52. The molecule has 0 saturated carbocycles. The molecular weight excluding hydrogens is 444 g/mol. The Morgan fingerprint density at radius 1 is 0.943 bits per heavy atom. The molecule has 0 atom stereocenters. The molecule has 0 unspecified atom stereocenters. The van der Waals surface area contributed by atoms with E-state index in [1.165, 1.54) is 0 Å². The second-order valence-corrected chi connectivity index (χ2v) is 8.39. The van der Waals surface area contributed by atoms with Gasteiger partial charge in [-0.3, -0.25) is 13.8 Å². The average molecular weight is 473 g/mol. The Kier molecular flexibility index (Phi) is 6.03. The number of benzene rings is 2. The first-order valence-electron chi connectivity index (χ1n) is 11.8. The lowest BCUT2D eigenvalue weighted by molar-refractivity contribution is -0.134. The van der Waals surface area contributed by atoms with Gasteiger partial charge in [0.05, 0.1) is 37.1 Å². The van der Waals surface area contributed by atoms with Crippen molar-refractivity contribution in [1.29, 1.82) is 0 Å². The number of hydrogen-bond acceptors (Lipinski definition) is 6. The third-order valence-corrected chi connectivity index (χ3v) is 5.99. The van der Waals surface area contributed by atoms with Gasteiger partial charge in [-0.15, -0.1) is 0 Å². The first-order valence-corrected chi connectivity index (χ1v) is 11.8. The van der Waals surface area contributed by atoms with E-state index in [1.54, 1.807) is 20.4 Å². The van der Waals surface area contributed by atoms with Crippen molar-refractivity contribution in [3.05, 3.63) is 54.5 Å². The minimum atomic E-state index is -0.290. The van der Waals surface area contributed by atoms with Gasteiger partial charge in [-0.1, -0.05) is 26.0 Å². The Balaban J connectivity index is 1.87. The van der Waals surface area contributed by atoms with Crippen LogP contribution in [0.5, 0.6) is 17.2 Å². The fourth-order valence-corrected chi connectivity index (χ4v) is 4.40. The van der Waals surface area contributed by atoms with Gasteiger partial charge in [-0.25, -0.2) is 9.97 Å². The summed E-state index contributed by atoms with van der Waals surface area (Å²) in [4.78, 5) is 22.6. The Hall–Kier alpha value is -4.07. The molecule has 0 aliphatic heterocycles. The number of aromatic nitrogens is 4. The molecule has 0 N–H and O–H groups in total. The van der Waals surface area contributed by atoms with Crippen molar-refractivity contribution in [3.8, 4) is 22.9 Å². The molecule has 35 heavy (non-hydrogen) atoms. The molecule has 2 aromatic carbocycles. The zero-order chi connectivity index (χ0) is 24.5. The molecule has 0 fully saturated rings. The van der Waals surface area contributed by atoms with Crippen molar-refractivity contribution >= 4 is 33.7 Å². The molecule has 8 heteroatoms. The van der Waals surface area contributed by atoms with E-state index < -0.39 is 0 Å². The predicted molar refractivity (Wildman–Crippen MR) is 135 cm³/mol. The first kappa shape index (κ1) is 22.7. The fourth-order valence-electron chi connectivity index (χ4n) is 4.40. The summed E-state index contributed by atoms with van der Waals surface area (Å²) in [7, 11) is 3.23. The van der Waals surface area contributed by atoms with Crippen LogP contribution in [0.3, 0.4) is 0 Å². The number of carbonyl (C=O) groups excluding carboxylic acids is 1. The summed E-state index contributed by atoms with van der Waals surface area (Å²) in [6, 6.07) is 13.6. The second kappa shape index (κ2) is 9.29. The van der Waals surface area contributed by atoms with Crippen LogP contribution in [0.1, 0.15) is 38.9 Å². The first-order chi connectivity index (χ1) is 17.1. The van der Waals surface area contributed by atoms with Crippen LogP contribution in [0, 0.1) is 0 Å². The van der Waals surface area contributed by atoms with Crippen molar-refractivity contribution in [2.75, 3.05) is 14.2 Å². The van der Waals surface area contributed by atoms with Crippen LogP contribution in [0.15, 0.2) is 48.7 Å². The number of fused-ring (bicyclic) bond motifs is 5. The molecule has 0 radical (unpaired) electrons. The maximum Gasteiger partial charge on any atom is 0.311 e. The highest BCUT2D eigenvalue weighted by Gasteiger charge is 2.23. The SMILES string of the molecule is CCCC(=O)Oc1cn(-c2cc(OC)cc(OC)c2)c2nc(CCC)n3c4ccccc4nc3c12. The normalized spacial score (nSPS) is 11.4. The maximum absolute atomic E-state index is 12.6. The number of para-hydroxylation sites is 2. The van der Waals surface area contributed by atoms with Crippen molar-refractivity contribution in [3.63, 3.8) is 0 Å². The number of methoxy groups -OCH3 is 2. The van der Waals surface area contributed by atoms with Crippen LogP contribution in [-0.2, 0) is 11.2 Å². The molecule has 5 rings (SSSR count). The van der Waals surface area contributed by atoms with Gasteiger partial charge < -0.3 is 14.2 Å². The molecule has 0 amide bonds. The molecule has 0 aliphatic rings. The molecule has 8 nitrogen and oxygen atoms in total. The second-order valence-electron chi connectivity index (χ2n) is 8.39. The number of rotatable bonds is 8. The molecule has 0 aliphatic carbocycles. The predicted octanol–water partition coefficient (Wildman–Crippen LogP) is 5.50. The van der Waals surface area contributed by atoms with E-state index in [4.69, 9.17) is 24.2 Å². The number of aryl methyl sites for hydroxylation is 1. The average Bonchev–Trinajstić information content (AvgIpc) is 3.42. The zero-order valence-electron chi connectivity index (χ0n) is 20.4. The number of imidazole rings is 1. The summed E-state index contributed by atoms with van der Waals surface area (Å²) in [5.41, 5.74) is 3.99. The van der Waals surface area contributed by atoms with Gasteiger partial charge in [0.1, 0.15) is 22.7 Å². The third-order valence-electron chi connectivity index (χ3n) is 5.99. The van der Waals surface area contributed by atoms with Gasteiger partial charge in [0.2, 0.25) is 0 Å². The van der Waals surface area contributed by atoms with E-state index in [0.29, 0.717) is 46.8 Å². The summed E-state index contributed by atoms with van der Waals surface area (Å²) in [5, 5.41) is 0.687. The highest BCUT2D eigenvalue weighted by atomic mass is 16.5. The monoisotopic (exact) mass is 472 g/mol.